The van der Waals surface area contributed by atoms with Crippen molar-refractivity contribution in [3.8, 4) is 11.5 Å². The van der Waals surface area contributed by atoms with Crippen LogP contribution in [0.25, 0.3) is 0 Å². The minimum Gasteiger partial charge on any atom is -0.493 e. The molecule has 0 unspecified atom stereocenters. The van der Waals surface area contributed by atoms with Crippen LogP contribution >= 0.6 is 0 Å². The Kier molecular flexibility index (Phi) is 7.83. The van der Waals surface area contributed by atoms with Gasteiger partial charge in [-0.05, 0) is 56.0 Å². The molecule has 1 amide bonds. The number of hydrogen-bond acceptors (Lipinski definition) is 4. The number of amides is 1. The highest BCUT2D eigenvalue weighted by atomic mass is 16.5. The lowest BCUT2D eigenvalue weighted by Gasteiger charge is -2.50. The van der Waals surface area contributed by atoms with Gasteiger partial charge in [0.15, 0.2) is 11.5 Å². The Balaban J connectivity index is 1.84. The van der Waals surface area contributed by atoms with Crippen molar-refractivity contribution in [3.05, 3.63) is 59.7 Å². The van der Waals surface area contributed by atoms with Crippen LogP contribution < -0.4 is 9.47 Å². The average molecular weight is 439 g/mol. The van der Waals surface area contributed by atoms with Gasteiger partial charge in [0.2, 0.25) is 5.91 Å². The normalized spacial score (nSPS) is 23.6. The second-order valence-corrected chi connectivity index (χ2v) is 9.30. The average Bonchev–Trinajstić information content (AvgIpc) is 2.79. The molecular weight excluding hydrogens is 400 g/mol. The first kappa shape index (κ1) is 24.1. The molecule has 1 heterocycles. The predicted octanol–water partition coefficient (Wildman–Crippen LogP) is 4.74. The van der Waals surface area contributed by atoms with Gasteiger partial charge in [0.25, 0.3) is 0 Å². The monoisotopic (exact) mass is 438 g/mol. The van der Waals surface area contributed by atoms with Gasteiger partial charge in [-0.15, -0.1) is 0 Å². The number of carbonyl (C=O) groups is 1. The third-order valence-corrected chi connectivity index (χ3v) is 7.36. The van der Waals surface area contributed by atoms with Crippen LogP contribution in [0.3, 0.4) is 0 Å². The Labute approximate surface area is 193 Å². The zero-order valence-corrected chi connectivity index (χ0v) is 20.4. The molecule has 1 aliphatic heterocycles. The molecule has 174 valence electrons. The zero-order chi connectivity index (χ0) is 23.3. The van der Waals surface area contributed by atoms with Crippen molar-refractivity contribution in [2.24, 2.45) is 5.92 Å². The highest BCUT2D eigenvalue weighted by Gasteiger charge is 2.43. The molecule has 0 saturated carbocycles. The van der Waals surface area contributed by atoms with Crippen molar-refractivity contribution < 1.29 is 14.3 Å². The molecule has 1 saturated heterocycles. The summed E-state index contributed by atoms with van der Waals surface area (Å²) in [5.74, 6) is 1.98. The Hall–Kier alpha value is -2.53. The molecule has 0 aromatic heterocycles. The number of piperidine rings is 1. The minimum atomic E-state index is 0.0541. The summed E-state index contributed by atoms with van der Waals surface area (Å²) >= 11 is 0. The number of likely N-dealkylation sites (tertiary alicyclic amines) is 1. The van der Waals surface area contributed by atoms with Crippen molar-refractivity contribution >= 4 is 5.91 Å². The number of carbonyl (C=O) groups excluding carboxylic acids is 1. The van der Waals surface area contributed by atoms with Crippen LogP contribution in [0.4, 0.5) is 0 Å². The highest BCUT2D eigenvalue weighted by molar-refractivity contribution is 5.73. The van der Waals surface area contributed by atoms with Crippen LogP contribution in [-0.2, 0) is 16.8 Å². The zero-order valence-electron chi connectivity index (χ0n) is 20.4. The van der Waals surface area contributed by atoms with Gasteiger partial charge >= 0.3 is 0 Å². The van der Waals surface area contributed by atoms with Gasteiger partial charge in [0, 0.05) is 38.0 Å². The van der Waals surface area contributed by atoms with E-state index in [1.165, 1.54) is 5.56 Å². The number of nitrogens with zero attached hydrogens (tertiary/aromatic N) is 2. The second-order valence-electron chi connectivity index (χ2n) is 9.30. The lowest BCUT2D eigenvalue weighted by atomic mass is 9.63. The maximum atomic E-state index is 12.6. The fourth-order valence-electron chi connectivity index (χ4n) is 5.22. The molecule has 2 aromatic carbocycles. The predicted molar refractivity (Wildman–Crippen MR) is 129 cm³/mol. The lowest BCUT2D eigenvalue weighted by Crippen LogP contribution is -2.52. The van der Waals surface area contributed by atoms with Crippen molar-refractivity contribution in [1.29, 1.82) is 0 Å². The summed E-state index contributed by atoms with van der Waals surface area (Å²) in [4.78, 5) is 17.0. The standard InChI is InChI=1S/C27H38N2O3/c1-20-18-28(4)21(2)17-27(20,24-10-8-7-9-11-24)14-15-29(22(3)30)19-23-12-13-25(31-5)26(16-23)32-6/h7-13,16,20-21H,14-15,17-19H2,1-6H3/t20-,21-,27-/m1/s1. The van der Waals surface area contributed by atoms with Crippen LogP contribution in [0.15, 0.2) is 48.5 Å². The van der Waals surface area contributed by atoms with E-state index in [0.717, 1.165) is 31.5 Å². The van der Waals surface area contributed by atoms with E-state index in [2.05, 4.69) is 56.1 Å². The topological polar surface area (TPSA) is 42.0 Å². The van der Waals surface area contributed by atoms with Crippen LogP contribution in [0.1, 0.15) is 44.7 Å². The summed E-state index contributed by atoms with van der Waals surface area (Å²) in [6, 6.07) is 17.3. The molecule has 3 atom stereocenters. The van der Waals surface area contributed by atoms with Crippen molar-refractivity contribution in [3.63, 3.8) is 0 Å². The largest absolute Gasteiger partial charge is 0.493 e. The van der Waals surface area contributed by atoms with E-state index in [4.69, 9.17) is 9.47 Å². The first-order valence-electron chi connectivity index (χ1n) is 11.5. The summed E-state index contributed by atoms with van der Waals surface area (Å²) in [6.45, 7) is 8.68. The number of ether oxygens (including phenoxy) is 2. The van der Waals surface area contributed by atoms with Crippen LogP contribution in [0, 0.1) is 5.92 Å². The quantitative estimate of drug-likeness (QED) is 0.597. The summed E-state index contributed by atoms with van der Waals surface area (Å²) in [6.07, 6.45) is 2.04. The molecule has 1 aliphatic rings. The van der Waals surface area contributed by atoms with Crippen LogP contribution in [-0.4, -0.2) is 56.1 Å². The minimum absolute atomic E-state index is 0.0541. The molecule has 0 aliphatic carbocycles. The maximum absolute atomic E-state index is 12.6. The van der Waals surface area contributed by atoms with Gasteiger partial charge in [0.1, 0.15) is 0 Å². The van der Waals surface area contributed by atoms with Gasteiger partial charge in [-0.1, -0.05) is 43.3 Å². The molecule has 3 rings (SSSR count). The lowest BCUT2D eigenvalue weighted by molar-refractivity contribution is -0.129. The van der Waals surface area contributed by atoms with Gasteiger partial charge in [-0.3, -0.25) is 4.79 Å². The van der Waals surface area contributed by atoms with Gasteiger partial charge < -0.3 is 19.3 Å². The molecule has 5 nitrogen and oxygen atoms in total. The van der Waals surface area contributed by atoms with Crippen LogP contribution in [0.5, 0.6) is 11.5 Å². The van der Waals surface area contributed by atoms with E-state index < -0.39 is 0 Å². The van der Waals surface area contributed by atoms with Gasteiger partial charge in [-0.25, -0.2) is 0 Å². The fourth-order valence-corrected chi connectivity index (χ4v) is 5.22. The summed E-state index contributed by atoms with van der Waals surface area (Å²) in [7, 11) is 5.48. The second kappa shape index (κ2) is 10.4. The van der Waals surface area contributed by atoms with Crippen molar-refractivity contribution in [2.75, 3.05) is 34.4 Å². The fraction of sp³-hybridized carbons (Fsp3) is 0.519. The van der Waals surface area contributed by atoms with E-state index in [1.807, 2.05) is 23.1 Å². The third-order valence-electron chi connectivity index (χ3n) is 7.36. The maximum Gasteiger partial charge on any atom is 0.219 e. The molecule has 2 aromatic rings. The summed E-state index contributed by atoms with van der Waals surface area (Å²) in [5.41, 5.74) is 2.48. The number of hydrogen-bond donors (Lipinski definition) is 0. The van der Waals surface area contributed by atoms with Crippen LogP contribution in [0.2, 0.25) is 0 Å². The first-order valence-corrected chi connectivity index (χ1v) is 11.5. The molecule has 32 heavy (non-hydrogen) atoms. The van der Waals surface area contributed by atoms with E-state index in [0.29, 0.717) is 30.0 Å². The molecule has 0 N–H and O–H groups in total. The smallest absolute Gasteiger partial charge is 0.219 e. The highest BCUT2D eigenvalue weighted by Crippen LogP contribution is 2.44. The summed E-state index contributed by atoms with van der Waals surface area (Å²) in [5, 5.41) is 0. The SMILES string of the molecule is COc1ccc(CN(CC[C@@]2(c3ccccc3)C[C@@H](C)N(C)C[C@H]2C)C(C)=O)cc1OC. The number of rotatable bonds is 8. The van der Waals surface area contributed by atoms with E-state index in [-0.39, 0.29) is 11.3 Å². The van der Waals surface area contributed by atoms with Gasteiger partial charge in [0.05, 0.1) is 14.2 Å². The van der Waals surface area contributed by atoms with E-state index in [9.17, 15) is 4.79 Å². The molecule has 5 heteroatoms. The van der Waals surface area contributed by atoms with Crippen molar-refractivity contribution in [2.45, 2.75) is 51.6 Å². The molecule has 0 spiro atoms. The Morgan fingerprint density at radius 3 is 2.41 bits per heavy atom. The van der Waals surface area contributed by atoms with E-state index in [1.54, 1.807) is 21.1 Å². The first-order chi connectivity index (χ1) is 15.3. The summed E-state index contributed by atoms with van der Waals surface area (Å²) < 4.78 is 10.8. The van der Waals surface area contributed by atoms with E-state index >= 15 is 0 Å². The van der Waals surface area contributed by atoms with Gasteiger partial charge in [-0.2, -0.15) is 0 Å². The molecule has 0 radical (unpaired) electrons. The molecule has 1 fully saturated rings. The number of methoxy groups -OCH3 is 2. The third kappa shape index (κ3) is 5.09. The Morgan fingerprint density at radius 1 is 1.09 bits per heavy atom. The molecule has 0 bridgehead atoms. The molecular formula is C27H38N2O3. The Morgan fingerprint density at radius 2 is 1.78 bits per heavy atom. The van der Waals surface area contributed by atoms with Crippen molar-refractivity contribution in [1.82, 2.24) is 9.80 Å². The number of benzene rings is 2. The Bertz CT molecular complexity index is 901.